The average molecular weight is 350 g/mol. The molecule has 3 rings (SSSR count). The Hall–Kier alpha value is -0.630. The van der Waals surface area contributed by atoms with Crippen LogP contribution in [0.25, 0.3) is 0 Å². The Morgan fingerprint density at radius 3 is 2.21 bits per heavy atom. The molecule has 0 aromatic heterocycles. The maximum absolute atomic E-state index is 2.67. The number of rotatable bonds is 3. The minimum atomic E-state index is -0.487. The van der Waals surface area contributed by atoms with Crippen molar-refractivity contribution in [1.82, 2.24) is 0 Å². The highest BCUT2D eigenvalue weighted by Gasteiger charge is 2.42. The Labute approximate surface area is 152 Å². The topological polar surface area (TPSA) is 3.24 Å². The van der Waals surface area contributed by atoms with Crippen LogP contribution in [0.2, 0.25) is 0 Å². The van der Waals surface area contributed by atoms with Gasteiger partial charge >= 0.3 is 0 Å². The second-order valence-corrected chi connectivity index (χ2v) is 13.2. The first-order valence-electron chi connectivity index (χ1n) is 9.76. The van der Waals surface area contributed by atoms with Crippen LogP contribution in [-0.4, -0.2) is 37.1 Å². The van der Waals surface area contributed by atoms with Crippen LogP contribution in [-0.2, 0) is 10.8 Å². The van der Waals surface area contributed by atoms with E-state index in [2.05, 4.69) is 63.3 Å². The van der Waals surface area contributed by atoms with Crippen LogP contribution in [0.5, 0.6) is 0 Å². The molecule has 138 valence electrons. The number of hydrogen-bond donors (Lipinski definition) is 0. The van der Waals surface area contributed by atoms with Crippen molar-refractivity contribution in [2.24, 2.45) is 0 Å². The normalized spacial score (nSPS) is 25.4. The molecule has 24 heavy (non-hydrogen) atoms. The molecule has 0 fully saturated rings. The molecule has 0 aliphatic carbocycles. The zero-order valence-electron chi connectivity index (χ0n) is 17.3. The van der Waals surface area contributed by atoms with Crippen LogP contribution in [0.3, 0.4) is 0 Å². The number of para-hydroxylation sites is 1. The van der Waals surface area contributed by atoms with E-state index < -0.39 is 10.0 Å². The highest BCUT2D eigenvalue weighted by Crippen LogP contribution is 2.53. The van der Waals surface area contributed by atoms with Crippen molar-refractivity contribution in [2.45, 2.75) is 65.2 Å². The van der Waals surface area contributed by atoms with E-state index in [4.69, 9.17) is 0 Å². The van der Waals surface area contributed by atoms with E-state index in [0.29, 0.717) is 10.8 Å². The zero-order valence-corrected chi connectivity index (χ0v) is 18.1. The summed E-state index contributed by atoms with van der Waals surface area (Å²) in [5, 5.41) is 0. The van der Waals surface area contributed by atoms with Gasteiger partial charge in [0.1, 0.15) is 0 Å². The summed E-state index contributed by atoms with van der Waals surface area (Å²) in [6.07, 6.45) is 7.64. The summed E-state index contributed by atoms with van der Waals surface area (Å²) in [5.74, 6) is 2.72. The number of anilines is 1. The lowest BCUT2D eigenvalue weighted by molar-refractivity contribution is 0.404. The van der Waals surface area contributed by atoms with E-state index in [1.54, 1.807) is 16.8 Å². The quantitative estimate of drug-likeness (QED) is 0.652. The third-order valence-electron chi connectivity index (χ3n) is 6.16. The molecule has 0 saturated carbocycles. The minimum absolute atomic E-state index is 0.327. The predicted octanol–water partition coefficient (Wildman–Crippen LogP) is 5.95. The Morgan fingerprint density at radius 1 is 1.00 bits per heavy atom. The van der Waals surface area contributed by atoms with E-state index in [9.17, 15) is 0 Å². The van der Waals surface area contributed by atoms with E-state index in [0.717, 1.165) is 0 Å². The summed E-state index contributed by atoms with van der Waals surface area (Å²) in [4.78, 5) is 2.67. The van der Waals surface area contributed by atoms with Crippen molar-refractivity contribution in [2.75, 3.05) is 42.0 Å². The van der Waals surface area contributed by atoms with Gasteiger partial charge in [0, 0.05) is 24.2 Å². The number of hydrogen-bond acceptors (Lipinski definition) is 1. The van der Waals surface area contributed by atoms with Gasteiger partial charge in [-0.2, -0.15) is 0 Å². The zero-order chi connectivity index (χ0) is 18.2. The summed E-state index contributed by atoms with van der Waals surface area (Å²) < 4.78 is 0. The Morgan fingerprint density at radius 2 is 1.58 bits per heavy atom. The van der Waals surface area contributed by atoms with Crippen LogP contribution in [0.1, 0.15) is 65.5 Å². The van der Waals surface area contributed by atoms with Crippen LogP contribution in [0.4, 0.5) is 5.69 Å². The Bertz CT molecular complexity index is 575. The molecule has 2 aliphatic heterocycles. The van der Waals surface area contributed by atoms with Crippen molar-refractivity contribution < 1.29 is 0 Å². The molecule has 0 radical (unpaired) electrons. The molecule has 0 amide bonds. The highest BCUT2D eigenvalue weighted by atomic mass is 32.3. The largest absolute Gasteiger partial charge is 0.371 e. The second kappa shape index (κ2) is 6.94. The predicted molar refractivity (Wildman–Crippen MR) is 114 cm³/mol. The van der Waals surface area contributed by atoms with Crippen molar-refractivity contribution in [3.63, 3.8) is 0 Å². The molecule has 1 aromatic rings. The number of benzene rings is 1. The lowest BCUT2D eigenvalue weighted by Crippen LogP contribution is -2.47. The van der Waals surface area contributed by atoms with Crippen LogP contribution in [0, 0.1) is 0 Å². The van der Waals surface area contributed by atoms with Gasteiger partial charge in [-0.3, -0.25) is 0 Å². The van der Waals surface area contributed by atoms with Gasteiger partial charge in [-0.05, 0) is 53.4 Å². The fraction of sp³-hybridized carbons (Fsp3) is 0.727. The van der Waals surface area contributed by atoms with Gasteiger partial charge in [-0.25, -0.2) is 10.0 Å². The van der Waals surface area contributed by atoms with E-state index >= 15 is 0 Å². The molecule has 0 bridgehead atoms. The molecule has 1 nitrogen and oxygen atoms in total. The minimum Gasteiger partial charge on any atom is -0.371 e. The molecule has 1 atom stereocenters. The van der Waals surface area contributed by atoms with Crippen molar-refractivity contribution in [3.8, 4) is 0 Å². The molecule has 0 saturated heterocycles. The average Bonchev–Trinajstić information content (AvgIpc) is 2.55. The first-order chi connectivity index (χ1) is 11.2. The summed E-state index contributed by atoms with van der Waals surface area (Å²) in [6.45, 7) is 16.2. The van der Waals surface area contributed by atoms with Crippen LogP contribution >= 0.6 is 10.0 Å². The standard InChI is InChI=1S/C20H33NS.C2H6/c1-7-22(5,6)15-20(4)12-14-21-13-11-19(2,3)16-9-8-10-17(20)18(16)21;1-2/h8-10H,7,11-15H2,1-6H3;1-2H3. The molecule has 1 unspecified atom stereocenters. The lowest BCUT2D eigenvalue weighted by atomic mass is 9.70. The first kappa shape index (κ1) is 19.7. The van der Waals surface area contributed by atoms with E-state index in [1.165, 1.54) is 37.4 Å². The monoisotopic (exact) mass is 349 g/mol. The fourth-order valence-corrected chi connectivity index (χ4v) is 6.66. The van der Waals surface area contributed by atoms with Crippen molar-refractivity contribution in [3.05, 3.63) is 29.3 Å². The van der Waals surface area contributed by atoms with Gasteiger partial charge in [-0.15, -0.1) is 0 Å². The molecule has 0 spiro atoms. The summed E-state index contributed by atoms with van der Waals surface area (Å²) in [7, 11) is -0.487. The van der Waals surface area contributed by atoms with Gasteiger partial charge in [-0.1, -0.05) is 59.7 Å². The maximum Gasteiger partial charge on any atom is 0.0442 e. The maximum atomic E-state index is 2.67. The van der Waals surface area contributed by atoms with Crippen molar-refractivity contribution >= 4 is 15.7 Å². The molecule has 2 heterocycles. The SMILES string of the molecule is CC.CCS(C)(C)CC1(C)CCN2CCC(C)(C)c3cccc1c32. The van der Waals surface area contributed by atoms with Crippen LogP contribution < -0.4 is 4.90 Å². The lowest BCUT2D eigenvalue weighted by Gasteiger charge is -2.51. The highest BCUT2D eigenvalue weighted by molar-refractivity contribution is 8.32. The van der Waals surface area contributed by atoms with Crippen LogP contribution in [0.15, 0.2) is 18.2 Å². The summed E-state index contributed by atoms with van der Waals surface area (Å²) in [6, 6.07) is 7.13. The molecular weight excluding hydrogens is 310 g/mol. The van der Waals surface area contributed by atoms with Gasteiger partial charge in [0.2, 0.25) is 0 Å². The molecular formula is C22H39NS. The van der Waals surface area contributed by atoms with Gasteiger partial charge in [0.25, 0.3) is 0 Å². The first-order valence-corrected chi connectivity index (χ1v) is 12.5. The summed E-state index contributed by atoms with van der Waals surface area (Å²) in [5.41, 5.74) is 5.51. The van der Waals surface area contributed by atoms with Gasteiger partial charge in [0.15, 0.2) is 0 Å². The number of nitrogens with zero attached hydrogens (tertiary/aromatic N) is 1. The third-order valence-corrected chi connectivity index (χ3v) is 9.14. The molecule has 1 aromatic carbocycles. The van der Waals surface area contributed by atoms with Gasteiger partial charge in [0.05, 0.1) is 0 Å². The van der Waals surface area contributed by atoms with E-state index in [-0.39, 0.29) is 0 Å². The van der Waals surface area contributed by atoms with Crippen molar-refractivity contribution in [1.29, 1.82) is 0 Å². The molecule has 0 N–H and O–H groups in total. The molecule has 2 aliphatic rings. The third kappa shape index (κ3) is 3.49. The fourth-order valence-electron chi connectivity index (χ4n) is 4.43. The smallest absolute Gasteiger partial charge is 0.0442 e. The van der Waals surface area contributed by atoms with Gasteiger partial charge < -0.3 is 4.90 Å². The molecule has 2 heteroatoms. The van der Waals surface area contributed by atoms with E-state index in [1.807, 2.05) is 13.8 Å². The Balaban J connectivity index is 0.00000100. The summed E-state index contributed by atoms with van der Waals surface area (Å²) >= 11 is 0. The second-order valence-electron chi connectivity index (χ2n) is 8.83. The Kier molecular flexibility index (Phi) is 5.69.